The van der Waals surface area contributed by atoms with Crippen LogP contribution in [-0.2, 0) is 9.53 Å². The molecule has 4 heteroatoms. The van der Waals surface area contributed by atoms with Crippen LogP contribution in [0.1, 0.15) is 5.56 Å². The molecule has 4 nitrogen and oxygen atoms in total. The first-order valence-electron chi connectivity index (χ1n) is 4.58. The molecule has 0 aliphatic heterocycles. The minimum absolute atomic E-state index is 0.165. The van der Waals surface area contributed by atoms with Gasteiger partial charge in [0, 0.05) is 6.08 Å². The predicted octanol–water partition coefficient (Wildman–Crippen LogP) is 1.84. The lowest BCUT2D eigenvalue weighted by Gasteiger charge is -1.97. The Labute approximate surface area is 93.1 Å². The Hall–Kier alpha value is -2.23. The van der Waals surface area contributed by atoms with Crippen molar-refractivity contribution in [3.63, 3.8) is 0 Å². The molecule has 16 heavy (non-hydrogen) atoms. The standard InChI is InChI=1S/C12H12O4/c1-16-12(15)5-3-2-4-9-6-7-10(13)11(14)8-9/h2-8,13-14H,1H3/b4-2+,5-3+. The van der Waals surface area contributed by atoms with Crippen molar-refractivity contribution in [3.8, 4) is 11.5 Å². The lowest BCUT2D eigenvalue weighted by Crippen LogP contribution is -1.92. The number of hydrogen-bond donors (Lipinski definition) is 2. The fourth-order valence-corrected chi connectivity index (χ4v) is 1.01. The maximum atomic E-state index is 10.7. The van der Waals surface area contributed by atoms with E-state index in [1.807, 2.05) is 0 Å². The van der Waals surface area contributed by atoms with Gasteiger partial charge in [-0.15, -0.1) is 0 Å². The summed E-state index contributed by atoms with van der Waals surface area (Å²) in [6.07, 6.45) is 6.11. The third-order valence-electron chi connectivity index (χ3n) is 1.83. The number of ether oxygens (including phenoxy) is 1. The third-order valence-corrected chi connectivity index (χ3v) is 1.83. The van der Waals surface area contributed by atoms with E-state index < -0.39 is 5.97 Å². The SMILES string of the molecule is COC(=O)/C=C/C=C/c1ccc(O)c(O)c1. The fourth-order valence-electron chi connectivity index (χ4n) is 1.01. The number of allylic oxidation sites excluding steroid dienone is 2. The quantitative estimate of drug-likeness (QED) is 0.353. The van der Waals surface area contributed by atoms with Crippen LogP contribution in [-0.4, -0.2) is 23.3 Å². The summed E-state index contributed by atoms with van der Waals surface area (Å²) in [5.41, 5.74) is 0.713. The summed E-state index contributed by atoms with van der Waals surface area (Å²) >= 11 is 0. The van der Waals surface area contributed by atoms with Crippen molar-refractivity contribution in [2.24, 2.45) is 0 Å². The van der Waals surface area contributed by atoms with E-state index in [-0.39, 0.29) is 11.5 Å². The molecule has 0 unspecified atom stereocenters. The maximum Gasteiger partial charge on any atom is 0.330 e. The van der Waals surface area contributed by atoms with Gasteiger partial charge >= 0.3 is 5.97 Å². The lowest BCUT2D eigenvalue weighted by molar-refractivity contribution is -0.134. The number of phenols is 2. The molecule has 0 radical (unpaired) electrons. The van der Waals surface area contributed by atoms with E-state index >= 15 is 0 Å². The third kappa shape index (κ3) is 3.49. The molecule has 0 atom stereocenters. The largest absolute Gasteiger partial charge is 0.504 e. The molecule has 84 valence electrons. The number of aromatic hydroxyl groups is 2. The Balaban J connectivity index is 2.66. The molecule has 0 spiro atoms. The van der Waals surface area contributed by atoms with Gasteiger partial charge in [0.25, 0.3) is 0 Å². The first kappa shape index (κ1) is 11.8. The molecular weight excluding hydrogens is 208 g/mol. The summed E-state index contributed by atoms with van der Waals surface area (Å²) in [6, 6.07) is 4.44. The van der Waals surface area contributed by atoms with Crippen LogP contribution in [0.4, 0.5) is 0 Å². The monoisotopic (exact) mass is 220 g/mol. The Kier molecular flexibility index (Phi) is 4.15. The van der Waals surface area contributed by atoms with Crippen LogP contribution in [0, 0.1) is 0 Å². The zero-order valence-corrected chi connectivity index (χ0v) is 8.75. The Morgan fingerprint density at radius 1 is 1.25 bits per heavy atom. The summed E-state index contributed by atoms with van der Waals surface area (Å²) in [5.74, 6) is -0.778. The van der Waals surface area contributed by atoms with Crippen molar-refractivity contribution in [1.29, 1.82) is 0 Å². The highest BCUT2D eigenvalue weighted by atomic mass is 16.5. The molecule has 1 aromatic carbocycles. The number of rotatable bonds is 3. The molecule has 0 bridgehead atoms. The molecule has 0 fully saturated rings. The zero-order chi connectivity index (χ0) is 12.0. The second kappa shape index (κ2) is 5.60. The molecule has 0 heterocycles. The number of esters is 1. The highest BCUT2D eigenvalue weighted by Crippen LogP contribution is 2.25. The van der Waals surface area contributed by atoms with Gasteiger partial charge in [-0.3, -0.25) is 0 Å². The predicted molar refractivity (Wildman–Crippen MR) is 60.0 cm³/mol. The second-order valence-electron chi connectivity index (χ2n) is 2.99. The van der Waals surface area contributed by atoms with Gasteiger partial charge in [-0.05, 0) is 17.7 Å². The Morgan fingerprint density at radius 2 is 2.00 bits per heavy atom. The van der Waals surface area contributed by atoms with E-state index in [4.69, 9.17) is 5.11 Å². The Morgan fingerprint density at radius 3 is 2.62 bits per heavy atom. The molecule has 0 amide bonds. The van der Waals surface area contributed by atoms with Gasteiger partial charge in [0.2, 0.25) is 0 Å². The minimum atomic E-state index is -0.432. The minimum Gasteiger partial charge on any atom is -0.504 e. The highest BCUT2D eigenvalue weighted by Gasteiger charge is 1.96. The van der Waals surface area contributed by atoms with Gasteiger partial charge in [-0.1, -0.05) is 24.3 Å². The smallest absolute Gasteiger partial charge is 0.330 e. The van der Waals surface area contributed by atoms with Crippen LogP contribution >= 0.6 is 0 Å². The van der Waals surface area contributed by atoms with E-state index in [1.165, 1.54) is 31.4 Å². The van der Waals surface area contributed by atoms with E-state index in [0.717, 1.165) is 0 Å². The van der Waals surface area contributed by atoms with Crippen LogP contribution in [0.25, 0.3) is 6.08 Å². The van der Waals surface area contributed by atoms with Crippen molar-refractivity contribution in [3.05, 3.63) is 42.0 Å². The lowest BCUT2D eigenvalue weighted by atomic mass is 10.2. The van der Waals surface area contributed by atoms with E-state index in [2.05, 4.69) is 4.74 Å². The average molecular weight is 220 g/mol. The molecule has 1 aromatic rings. The summed E-state index contributed by atoms with van der Waals surface area (Å²) in [7, 11) is 1.30. The summed E-state index contributed by atoms with van der Waals surface area (Å²) in [6.45, 7) is 0. The fraction of sp³-hybridized carbons (Fsp3) is 0.0833. The van der Waals surface area contributed by atoms with Crippen LogP contribution in [0.15, 0.2) is 36.4 Å². The normalized spacial score (nSPS) is 11.1. The zero-order valence-electron chi connectivity index (χ0n) is 8.75. The molecule has 0 aliphatic carbocycles. The summed E-state index contributed by atoms with van der Waals surface area (Å²) < 4.78 is 4.40. The van der Waals surface area contributed by atoms with Crippen LogP contribution in [0.3, 0.4) is 0 Å². The molecule has 0 saturated heterocycles. The molecule has 0 aliphatic rings. The average Bonchev–Trinajstić information content (AvgIpc) is 2.28. The summed E-state index contributed by atoms with van der Waals surface area (Å²) in [4.78, 5) is 10.7. The Bertz CT molecular complexity index is 433. The van der Waals surface area contributed by atoms with Gasteiger partial charge in [0.05, 0.1) is 7.11 Å². The van der Waals surface area contributed by atoms with Gasteiger partial charge in [0.15, 0.2) is 11.5 Å². The highest BCUT2D eigenvalue weighted by molar-refractivity contribution is 5.82. The van der Waals surface area contributed by atoms with Gasteiger partial charge in [-0.25, -0.2) is 4.79 Å². The van der Waals surface area contributed by atoms with Crippen LogP contribution in [0.2, 0.25) is 0 Å². The topological polar surface area (TPSA) is 66.8 Å². The molecule has 0 saturated carbocycles. The number of carbonyl (C=O) groups is 1. The van der Waals surface area contributed by atoms with Crippen LogP contribution in [0.5, 0.6) is 11.5 Å². The van der Waals surface area contributed by atoms with E-state index in [1.54, 1.807) is 18.2 Å². The van der Waals surface area contributed by atoms with E-state index in [9.17, 15) is 9.90 Å². The van der Waals surface area contributed by atoms with Crippen molar-refractivity contribution in [2.45, 2.75) is 0 Å². The van der Waals surface area contributed by atoms with Crippen LogP contribution < -0.4 is 0 Å². The second-order valence-corrected chi connectivity index (χ2v) is 2.99. The number of hydrogen-bond acceptors (Lipinski definition) is 4. The molecule has 2 N–H and O–H groups in total. The van der Waals surface area contributed by atoms with Gasteiger partial charge in [-0.2, -0.15) is 0 Å². The maximum absolute atomic E-state index is 10.7. The van der Waals surface area contributed by atoms with Crippen molar-refractivity contribution in [1.82, 2.24) is 0 Å². The molecular formula is C12H12O4. The number of phenolic OH excluding ortho intramolecular Hbond substituents is 2. The first-order valence-corrected chi connectivity index (χ1v) is 4.58. The van der Waals surface area contributed by atoms with Crippen molar-refractivity contribution in [2.75, 3.05) is 7.11 Å². The van der Waals surface area contributed by atoms with Crippen molar-refractivity contribution >= 4 is 12.0 Å². The van der Waals surface area contributed by atoms with E-state index in [0.29, 0.717) is 5.56 Å². The van der Waals surface area contributed by atoms with Gasteiger partial charge in [0.1, 0.15) is 0 Å². The number of methoxy groups -OCH3 is 1. The number of benzene rings is 1. The van der Waals surface area contributed by atoms with Crippen molar-refractivity contribution < 1.29 is 19.7 Å². The first-order chi connectivity index (χ1) is 7.63. The van der Waals surface area contributed by atoms with Gasteiger partial charge < -0.3 is 14.9 Å². The number of carbonyl (C=O) groups excluding carboxylic acids is 1. The summed E-state index contributed by atoms with van der Waals surface area (Å²) in [5, 5.41) is 18.3. The molecule has 0 aromatic heterocycles. The molecule has 1 rings (SSSR count).